The summed E-state index contributed by atoms with van der Waals surface area (Å²) in [5.41, 5.74) is 2.74. The smallest absolute Gasteiger partial charge is 0.274 e. The lowest BCUT2D eigenvalue weighted by atomic mass is 10.2. The Morgan fingerprint density at radius 3 is 2.57 bits per heavy atom. The number of rotatable bonds is 7. The van der Waals surface area contributed by atoms with Gasteiger partial charge in [-0.2, -0.15) is 0 Å². The fourth-order valence-electron chi connectivity index (χ4n) is 2.60. The Morgan fingerprint density at radius 1 is 1.07 bits per heavy atom. The first-order chi connectivity index (χ1) is 13.6. The van der Waals surface area contributed by atoms with Crippen molar-refractivity contribution in [1.82, 2.24) is 9.97 Å². The molecule has 7 heteroatoms. The van der Waals surface area contributed by atoms with Crippen LogP contribution in [0, 0.1) is 6.92 Å². The number of carbonyl (C=O) groups excluding carboxylic acids is 1. The summed E-state index contributed by atoms with van der Waals surface area (Å²) >= 11 is 0. The molecule has 2 aromatic carbocycles. The van der Waals surface area contributed by atoms with Gasteiger partial charge in [-0.15, -0.1) is 0 Å². The molecule has 0 aliphatic rings. The zero-order valence-corrected chi connectivity index (χ0v) is 16.0. The second-order valence-electron chi connectivity index (χ2n) is 6.03. The van der Waals surface area contributed by atoms with Crippen molar-refractivity contribution in [2.45, 2.75) is 13.8 Å². The second-order valence-corrected chi connectivity index (χ2v) is 6.03. The first-order valence-corrected chi connectivity index (χ1v) is 8.87. The van der Waals surface area contributed by atoms with Crippen molar-refractivity contribution in [3.05, 3.63) is 66.1 Å². The zero-order valence-electron chi connectivity index (χ0n) is 16.0. The molecule has 3 aromatic rings. The van der Waals surface area contributed by atoms with Crippen molar-refractivity contribution in [2.75, 3.05) is 24.4 Å². The van der Waals surface area contributed by atoms with Crippen molar-refractivity contribution >= 4 is 23.1 Å². The van der Waals surface area contributed by atoms with Crippen molar-refractivity contribution in [3.63, 3.8) is 0 Å². The van der Waals surface area contributed by atoms with Crippen LogP contribution in [0.2, 0.25) is 0 Å². The molecule has 7 nitrogen and oxygen atoms in total. The Hall–Kier alpha value is -3.61. The maximum atomic E-state index is 12.5. The number of hydrogen-bond acceptors (Lipinski definition) is 6. The second kappa shape index (κ2) is 8.85. The number of aromatic nitrogens is 2. The van der Waals surface area contributed by atoms with Crippen LogP contribution in [0.4, 0.5) is 17.2 Å². The Kier molecular flexibility index (Phi) is 6.06. The number of nitrogens with zero attached hydrogens (tertiary/aromatic N) is 2. The molecular weight excluding hydrogens is 356 g/mol. The number of amides is 1. The van der Waals surface area contributed by atoms with Crippen molar-refractivity contribution in [3.8, 4) is 11.5 Å². The van der Waals surface area contributed by atoms with Gasteiger partial charge in [0.1, 0.15) is 29.3 Å². The normalized spacial score (nSPS) is 10.2. The quantitative estimate of drug-likeness (QED) is 0.641. The number of hydrogen-bond donors (Lipinski definition) is 2. The standard InChI is InChI=1S/C21H22N4O3/c1-4-28-16-8-6-15(7-9-16)24-21(26)18-12-20(23-13-22-18)25-17-11-14(2)5-10-19(17)27-3/h5-13H,4H2,1-3H3,(H,24,26)(H,22,23,25). The first-order valence-electron chi connectivity index (χ1n) is 8.87. The maximum absolute atomic E-state index is 12.5. The van der Waals surface area contributed by atoms with Crippen LogP contribution in [0.25, 0.3) is 0 Å². The van der Waals surface area contributed by atoms with Crippen molar-refractivity contribution in [1.29, 1.82) is 0 Å². The average molecular weight is 378 g/mol. The number of methoxy groups -OCH3 is 1. The van der Waals surface area contributed by atoms with Gasteiger partial charge in [0, 0.05) is 11.8 Å². The predicted octanol–water partition coefficient (Wildman–Crippen LogP) is 4.19. The summed E-state index contributed by atoms with van der Waals surface area (Å²) in [6.07, 6.45) is 1.34. The molecule has 0 radical (unpaired) electrons. The molecule has 28 heavy (non-hydrogen) atoms. The molecule has 0 aliphatic carbocycles. The molecule has 0 atom stereocenters. The van der Waals surface area contributed by atoms with Gasteiger partial charge >= 0.3 is 0 Å². The third-order valence-electron chi connectivity index (χ3n) is 3.94. The van der Waals surface area contributed by atoms with Crippen LogP contribution >= 0.6 is 0 Å². The number of aryl methyl sites for hydroxylation is 1. The molecule has 1 aromatic heterocycles. The zero-order chi connectivity index (χ0) is 19.9. The molecular formula is C21H22N4O3. The summed E-state index contributed by atoms with van der Waals surface area (Å²) in [7, 11) is 1.60. The van der Waals surface area contributed by atoms with E-state index in [0.717, 1.165) is 17.0 Å². The number of ether oxygens (including phenoxy) is 2. The highest BCUT2D eigenvalue weighted by molar-refractivity contribution is 6.03. The van der Waals surface area contributed by atoms with Gasteiger partial charge in [-0.25, -0.2) is 9.97 Å². The lowest BCUT2D eigenvalue weighted by Crippen LogP contribution is -2.14. The highest BCUT2D eigenvalue weighted by Gasteiger charge is 2.11. The third-order valence-corrected chi connectivity index (χ3v) is 3.94. The van der Waals surface area contributed by atoms with Gasteiger partial charge in [-0.05, 0) is 55.8 Å². The van der Waals surface area contributed by atoms with Gasteiger partial charge in [0.05, 0.1) is 19.4 Å². The predicted molar refractivity (Wildman–Crippen MR) is 109 cm³/mol. The minimum Gasteiger partial charge on any atom is -0.495 e. The summed E-state index contributed by atoms with van der Waals surface area (Å²) in [5.74, 6) is 1.60. The molecule has 0 spiro atoms. The van der Waals surface area contributed by atoms with Gasteiger partial charge in [0.15, 0.2) is 0 Å². The van der Waals surface area contributed by atoms with E-state index in [-0.39, 0.29) is 11.6 Å². The van der Waals surface area contributed by atoms with E-state index in [4.69, 9.17) is 9.47 Å². The third kappa shape index (κ3) is 4.76. The van der Waals surface area contributed by atoms with Gasteiger partial charge < -0.3 is 20.1 Å². The van der Waals surface area contributed by atoms with E-state index in [2.05, 4.69) is 20.6 Å². The molecule has 0 aliphatic heterocycles. The van der Waals surface area contributed by atoms with Crippen LogP contribution in [0.1, 0.15) is 23.0 Å². The van der Waals surface area contributed by atoms with E-state index in [1.54, 1.807) is 37.4 Å². The van der Waals surface area contributed by atoms with Crippen LogP contribution in [0.5, 0.6) is 11.5 Å². The minimum absolute atomic E-state index is 0.248. The lowest BCUT2D eigenvalue weighted by Gasteiger charge is -2.12. The van der Waals surface area contributed by atoms with Gasteiger partial charge in [0.2, 0.25) is 0 Å². The number of carbonyl (C=O) groups is 1. The molecule has 0 fully saturated rings. The van der Waals surface area contributed by atoms with E-state index in [1.807, 2.05) is 32.0 Å². The summed E-state index contributed by atoms with van der Waals surface area (Å²) in [6.45, 7) is 4.50. The van der Waals surface area contributed by atoms with Crippen LogP contribution in [-0.2, 0) is 0 Å². The van der Waals surface area contributed by atoms with E-state index in [1.165, 1.54) is 6.33 Å². The number of nitrogens with one attached hydrogen (secondary N) is 2. The van der Waals surface area contributed by atoms with Crippen molar-refractivity contribution < 1.29 is 14.3 Å². The highest BCUT2D eigenvalue weighted by Crippen LogP contribution is 2.28. The van der Waals surface area contributed by atoms with Crippen LogP contribution in [0.15, 0.2) is 54.9 Å². The van der Waals surface area contributed by atoms with E-state index >= 15 is 0 Å². The maximum Gasteiger partial charge on any atom is 0.274 e. The highest BCUT2D eigenvalue weighted by atomic mass is 16.5. The molecule has 3 rings (SSSR count). The van der Waals surface area contributed by atoms with Gasteiger partial charge in [-0.1, -0.05) is 6.07 Å². The topological polar surface area (TPSA) is 85.4 Å². The average Bonchev–Trinajstić information content (AvgIpc) is 2.70. The van der Waals surface area contributed by atoms with Crippen LogP contribution in [-0.4, -0.2) is 29.6 Å². The largest absolute Gasteiger partial charge is 0.495 e. The van der Waals surface area contributed by atoms with Crippen LogP contribution < -0.4 is 20.1 Å². The Morgan fingerprint density at radius 2 is 1.86 bits per heavy atom. The summed E-state index contributed by atoms with van der Waals surface area (Å²) in [6, 6.07) is 14.5. The van der Waals surface area contributed by atoms with Crippen LogP contribution in [0.3, 0.4) is 0 Å². The van der Waals surface area contributed by atoms with E-state index < -0.39 is 0 Å². The molecule has 2 N–H and O–H groups in total. The Balaban J connectivity index is 1.73. The van der Waals surface area contributed by atoms with Gasteiger partial charge in [0.25, 0.3) is 5.91 Å². The molecule has 0 saturated carbocycles. The Labute approximate surface area is 163 Å². The summed E-state index contributed by atoms with van der Waals surface area (Å²) < 4.78 is 10.8. The Bertz CT molecular complexity index is 958. The van der Waals surface area contributed by atoms with E-state index in [0.29, 0.717) is 23.9 Å². The molecule has 0 unspecified atom stereocenters. The first kappa shape index (κ1) is 19.2. The fraction of sp³-hybridized carbons (Fsp3) is 0.190. The van der Waals surface area contributed by atoms with E-state index in [9.17, 15) is 4.79 Å². The SMILES string of the molecule is CCOc1ccc(NC(=O)c2cc(Nc3cc(C)ccc3OC)ncn2)cc1. The summed E-state index contributed by atoms with van der Waals surface area (Å²) in [5, 5.41) is 5.99. The number of anilines is 3. The molecule has 144 valence electrons. The monoisotopic (exact) mass is 378 g/mol. The lowest BCUT2D eigenvalue weighted by molar-refractivity contribution is 0.102. The summed E-state index contributed by atoms with van der Waals surface area (Å²) in [4.78, 5) is 20.8. The van der Waals surface area contributed by atoms with Crippen molar-refractivity contribution in [2.24, 2.45) is 0 Å². The van der Waals surface area contributed by atoms with Gasteiger partial charge in [-0.3, -0.25) is 4.79 Å². The molecule has 1 heterocycles. The molecule has 0 saturated heterocycles. The molecule has 0 bridgehead atoms. The molecule has 1 amide bonds. The minimum atomic E-state index is -0.328. The number of benzene rings is 2. The fourth-order valence-corrected chi connectivity index (χ4v) is 2.60.